The third-order valence-electron chi connectivity index (χ3n) is 5.24. The van der Waals surface area contributed by atoms with Crippen molar-refractivity contribution in [3.05, 3.63) is 35.4 Å². The molecule has 1 aromatic rings. The maximum Gasteiger partial charge on any atom is 0.194 e. The van der Waals surface area contributed by atoms with Gasteiger partial charge in [-0.25, -0.2) is 4.99 Å². The Morgan fingerprint density at radius 1 is 1.15 bits per heavy atom. The molecule has 1 N–H and O–H groups in total. The zero-order valence-electron chi connectivity index (χ0n) is 16.4. The standard InChI is InChI=1S/C21H34N4O/c1-3-22-21(25-10-4-5-18(2)16-25)23-15-19-6-8-20(9-7-19)17-24-11-13-26-14-12-24/h6-9,18H,3-5,10-17H2,1-2H3,(H,22,23). The van der Waals surface area contributed by atoms with Crippen molar-refractivity contribution in [3.8, 4) is 0 Å². The number of morpholine rings is 1. The molecule has 2 fully saturated rings. The zero-order valence-corrected chi connectivity index (χ0v) is 16.4. The molecule has 0 aliphatic carbocycles. The van der Waals surface area contributed by atoms with Crippen molar-refractivity contribution in [1.82, 2.24) is 15.1 Å². The van der Waals surface area contributed by atoms with Crippen molar-refractivity contribution in [2.45, 2.75) is 39.8 Å². The van der Waals surface area contributed by atoms with Crippen molar-refractivity contribution >= 4 is 5.96 Å². The van der Waals surface area contributed by atoms with Gasteiger partial charge in [0.1, 0.15) is 0 Å². The number of nitrogens with one attached hydrogen (secondary N) is 1. The van der Waals surface area contributed by atoms with E-state index < -0.39 is 0 Å². The summed E-state index contributed by atoms with van der Waals surface area (Å²) in [4.78, 5) is 9.77. The minimum Gasteiger partial charge on any atom is -0.379 e. The predicted octanol–water partition coefficient (Wildman–Crippen LogP) is 2.72. The van der Waals surface area contributed by atoms with Gasteiger partial charge >= 0.3 is 0 Å². The molecule has 3 rings (SSSR count). The number of ether oxygens (including phenoxy) is 1. The molecule has 0 amide bonds. The van der Waals surface area contributed by atoms with E-state index in [4.69, 9.17) is 9.73 Å². The number of hydrogen-bond donors (Lipinski definition) is 1. The molecule has 1 atom stereocenters. The Balaban J connectivity index is 1.56. The highest BCUT2D eigenvalue weighted by molar-refractivity contribution is 5.80. The summed E-state index contributed by atoms with van der Waals surface area (Å²) in [5.41, 5.74) is 2.65. The lowest BCUT2D eigenvalue weighted by molar-refractivity contribution is 0.0342. The van der Waals surface area contributed by atoms with Crippen LogP contribution in [0.2, 0.25) is 0 Å². The molecule has 5 heteroatoms. The van der Waals surface area contributed by atoms with Crippen molar-refractivity contribution < 1.29 is 4.74 Å². The molecule has 0 saturated carbocycles. The normalized spacial score (nSPS) is 22.5. The molecule has 0 aromatic heterocycles. The maximum atomic E-state index is 5.42. The van der Waals surface area contributed by atoms with Crippen LogP contribution in [0.5, 0.6) is 0 Å². The Bertz CT molecular complexity index is 566. The number of likely N-dealkylation sites (tertiary alicyclic amines) is 1. The SMILES string of the molecule is CCNC(=NCc1ccc(CN2CCOCC2)cc1)N1CCCC(C)C1. The van der Waals surface area contributed by atoms with Gasteiger partial charge in [0, 0.05) is 39.3 Å². The van der Waals surface area contributed by atoms with Crippen LogP contribution in [0, 0.1) is 5.92 Å². The predicted molar refractivity (Wildman–Crippen MR) is 107 cm³/mol. The molecule has 144 valence electrons. The molecule has 0 spiro atoms. The summed E-state index contributed by atoms with van der Waals surface area (Å²) >= 11 is 0. The van der Waals surface area contributed by atoms with Gasteiger partial charge in [-0.05, 0) is 36.8 Å². The largest absolute Gasteiger partial charge is 0.379 e. The number of piperidine rings is 1. The van der Waals surface area contributed by atoms with Crippen molar-refractivity contribution in [1.29, 1.82) is 0 Å². The number of hydrogen-bond acceptors (Lipinski definition) is 3. The van der Waals surface area contributed by atoms with E-state index in [2.05, 4.69) is 53.2 Å². The van der Waals surface area contributed by atoms with Crippen LogP contribution in [0.1, 0.15) is 37.8 Å². The first kappa shape index (κ1) is 19.2. The molecule has 5 nitrogen and oxygen atoms in total. The fourth-order valence-corrected chi connectivity index (χ4v) is 3.74. The average Bonchev–Trinajstić information content (AvgIpc) is 2.67. The summed E-state index contributed by atoms with van der Waals surface area (Å²) in [7, 11) is 0. The monoisotopic (exact) mass is 358 g/mol. The molecule has 1 aromatic carbocycles. The van der Waals surface area contributed by atoms with Crippen LogP contribution >= 0.6 is 0 Å². The Kier molecular flexibility index (Phi) is 7.32. The second-order valence-corrected chi connectivity index (χ2v) is 7.57. The molecule has 2 saturated heterocycles. The van der Waals surface area contributed by atoms with Crippen LogP contribution in [0.3, 0.4) is 0 Å². The van der Waals surface area contributed by atoms with Gasteiger partial charge in [-0.2, -0.15) is 0 Å². The number of aliphatic imine (C=N–C) groups is 1. The quantitative estimate of drug-likeness (QED) is 0.649. The van der Waals surface area contributed by atoms with Gasteiger partial charge in [-0.3, -0.25) is 4.90 Å². The van der Waals surface area contributed by atoms with Crippen LogP contribution in [-0.4, -0.2) is 61.7 Å². The Morgan fingerprint density at radius 3 is 2.58 bits per heavy atom. The molecule has 0 radical (unpaired) electrons. The minimum absolute atomic E-state index is 0.741. The highest BCUT2D eigenvalue weighted by Crippen LogP contribution is 2.16. The maximum absolute atomic E-state index is 5.42. The third kappa shape index (κ3) is 5.71. The van der Waals surface area contributed by atoms with Gasteiger partial charge in [-0.1, -0.05) is 31.2 Å². The highest BCUT2D eigenvalue weighted by atomic mass is 16.5. The summed E-state index contributed by atoms with van der Waals surface area (Å²) in [6, 6.07) is 8.94. The summed E-state index contributed by atoms with van der Waals surface area (Å²) in [5.74, 6) is 1.82. The van der Waals surface area contributed by atoms with Crippen LogP contribution in [0.15, 0.2) is 29.3 Å². The van der Waals surface area contributed by atoms with Gasteiger partial charge < -0.3 is 15.0 Å². The second kappa shape index (κ2) is 9.93. The zero-order chi connectivity index (χ0) is 18.2. The number of guanidine groups is 1. The van der Waals surface area contributed by atoms with E-state index in [1.165, 1.54) is 24.0 Å². The van der Waals surface area contributed by atoms with E-state index in [-0.39, 0.29) is 0 Å². The van der Waals surface area contributed by atoms with Crippen molar-refractivity contribution in [2.75, 3.05) is 45.9 Å². The van der Waals surface area contributed by atoms with Gasteiger partial charge in [0.05, 0.1) is 19.8 Å². The van der Waals surface area contributed by atoms with E-state index >= 15 is 0 Å². The van der Waals surface area contributed by atoms with Crippen LogP contribution < -0.4 is 5.32 Å². The summed E-state index contributed by atoms with van der Waals surface area (Å²) in [6.07, 6.45) is 2.60. The fraction of sp³-hybridized carbons (Fsp3) is 0.667. The topological polar surface area (TPSA) is 40.1 Å². The van der Waals surface area contributed by atoms with Crippen molar-refractivity contribution in [2.24, 2.45) is 10.9 Å². The van der Waals surface area contributed by atoms with E-state index in [1.807, 2.05) is 0 Å². The van der Waals surface area contributed by atoms with Crippen molar-refractivity contribution in [3.63, 3.8) is 0 Å². The molecule has 2 aliphatic rings. The molecular weight excluding hydrogens is 324 g/mol. The second-order valence-electron chi connectivity index (χ2n) is 7.57. The van der Waals surface area contributed by atoms with Crippen LogP contribution in [0.4, 0.5) is 0 Å². The first-order valence-electron chi connectivity index (χ1n) is 10.2. The molecule has 2 heterocycles. The molecule has 2 aliphatic heterocycles. The van der Waals surface area contributed by atoms with Crippen LogP contribution in [-0.2, 0) is 17.8 Å². The van der Waals surface area contributed by atoms with Crippen LogP contribution in [0.25, 0.3) is 0 Å². The highest BCUT2D eigenvalue weighted by Gasteiger charge is 2.19. The van der Waals surface area contributed by atoms with E-state index in [0.717, 1.165) is 70.9 Å². The molecule has 26 heavy (non-hydrogen) atoms. The first-order valence-corrected chi connectivity index (χ1v) is 10.2. The Labute approximate surface area is 158 Å². The summed E-state index contributed by atoms with van der Waals surface area (Å²) in [5, 5.41) is 3.47. The van der Waals surface area contributed by atoms with E-state index in [1.54, 1.807) is 0 Å². The number of nitrogens with zero attached hydrogens (tertiary/aromatic N) is 3. The smallest absolute Gasteiger partial charge is 0.194 e. The van der Waals surface area contributed by atoms with E-state index in [0.29, 0.717) is 0 Å². The number of benzene rings is 1. The Morgan fingerprint density at radius 2 is 1.88 bits per heavy atom. The summed E-state index contributed by atoms with van der Waals surface area (Å²) < 4.78 is 5.42. The third-order valence-corrected chi connectivity index (χ3v) is 5.24. The fourth-order valence-electron chi connectivity index (χ4n) is 3.74. The Hall–Kier alpha value is -1.59. The molecule has 0 bridgehead atoms. The first-order chi connectivity index (χ1) is 12.7. The van der Waals surface area contributed by atoms with Gasteiger partial charge in [-0.15, -0.1) is 0 Å². The molecule has 1 unspecified atom stereocenters. The summed E-state index contributed by atoms with van der Waals surface area (Å²) in [6.45, 7) is 13.2. The van der Waals surface area contributed by atoms with Gasteiger partial charge in [0.25, 0.3) is 0 Å². The van der Waals surface area contributed by atoms with Gasteiger partial charge in [0.2, 0.25) is 0 Å². The number of rotatable bonds is 5. The lowest BCUT2D eigenvalue weighted by Gasteiger charge is -2.33. The average molecular weight is 359 g/mol. The molecular formula is C21H34N4O. The van der Waals surface area contributed by atoms with Gasteiger partial charge in [0.15, 0.2) is 5.96 Å². The lowest BCUT2D eigenvalue weighted by atomic mass is 10.0. The minimum atomic E-state index is 0.741. The van der Waals surface area contributed by atoms with E-state index in [9.17, 15) is 0 Å². The lowest BCUT2D eigenvalue weighted by Crippen LogP contribution is -2.46.